The van der Waals surface area contributed by atoms with Crippen molar-refractivity contribution in [1.82, 2.24) is 0 Å². The summed E-state index contributed by atoms with van der Waals surface area (Å²) in [6, 6.07) is 12.8. The van der Waals surface area contributed by atoms with Crippen molar-refractivity contribution < 1.29 is 27.4 Å². The van der Waals surface area contributed by atoms with Crippen LogP contribution in [0.4, 0.5) is 23.2 Å². The largest absolute Gasteiger partial charge is 0.507 e. The number of phenols is 1. The zero-order valence-electron chi connectivity index (χ0n) is 14.0. The van der Waals surface area contributed by atoms with Crippen LogP contribution in [-0.4, -0.2) is 11.3 Å². The average Bonchev–Trinajstić information content (AvgIpc) is 2.64. The molecule has 0 unspecified atom stereocenters. The Balaban J connectivity index is 2.04. The third-order valence-electron chi connectivity index (χ3n) is 3.68. The molecule has 8 heteroatoms. The van der Waals surface area contributed by atoms with Crippen LogP contribution in [0.1, 0.15) is 11.1 Å². The van der Waals surface area contributed by atoms with Crippen LogP contribution in [-0.2, 0) is 6.18 Å². The molecule has 28 heavy (non-hydrogen) atoms. The summed E-state index contributed by atoms with van der Waals surface area (Å²) in [5, 5.41) is 9.86. The Morgan fingerprint density at radius 3 is 2.43 bits per heavy atom. The molecule has 0 amide bonds. The molecule has 0 saturated carbocycles. The van der Waals surface area contributed by atoms with Crippen LogP contribution in [0.15, 0.2) is 70.1 Å². The molecular formula is C20H12BrF4NO2. The lowest BCUT2D eigenvalue weighted by Gasteiger charge is -2.12. The highest BCUT2D eigenvalue weighted by Crippen LogP contribution is 2.38. The van der Waals surface area contributed by atoms with E-state index < -0.39 is 17.6 Å². The van der Waals surface area contributed by atoms with E-state index in [1.165, 1.54) is 36.5 Å². The molecule has 0 aliphatic carbocycles. The van der Waals surface area contributed by atoms with Gasteiger partial charge in [0, 0.05) is 16.3 Å². The van der Waals surface area contributed by atoms with Crippen LogP contribution >= 0.6 is 15.9 Å². The van der Waals surface area contributed by atoms with Gasteiger partial charge in [0.1, 0.15) is 11.4 Å². The Kier molecular flexibility index (Phi) is 5.69. The number of ether oxygens (including phenoxy) is 1. The van der Waals surface area contributed by atoms with Crippen LogP contribution in [0, 0.1) is 5.82 Å². The fraction of sp³-hybridized carbons (Fsp3) is 0.0500. The molecule has 0 bridgehead atoms. The smallest absolute Gasteiger partial charge is 0.416 e. The van der Waals surface area contributed by atoms with E-state index in [1.54, 1.807) is 12.1 Å². The van der Waals surface area contributed by atoms with Crippen molar-refractivity contribution in [3.8, 4) is 17.2 Å². The van der Waals surface area contributed by atoms with Gasteiger partial charge in [-0.05, 0) is 48.5 Å². The van der Waals surface area contributed by atoms with Crippen LogP contribution in [0.3, 0.4) is 0 Å². The van der Waals surface area contributed by atoms with Gasteiger partial charge in [-0.3, -0.25) is 4.99 Å². The van der Waals surface area contributed by atoms with Gasteiger partial charge in [0.25, 0.3) is 0 Å². The predicted octanol–water partition coefficient (Wildman–Crippen LogP) is 6.86. The molecule has 0 radical (unpaired) electrons. The number of para-hydroxylation sites is 1. The summed E-state index contributed by atoms with van der Waals surface area (Å²) in [6.45, 7) is 0. The first-order chi connectivity index (χ1) is 13.2. The van der Waals surface area contributed by atoms with Crippen LogP contribution in [0.2, 0.25) is 0 Å². The van der Waals surface area contributed by atoms with Gasteiger partial charge in [-0.2, -0.15) is 13.2 Å². The summed E-state index contributed by atoms with van der Waals surface area (Å²) in [4.78, 5) is 4.03. The quantitative estimate of drug-likeness (QED) is 0.346. The molecule has 144 valence electrons. The van der Waals surface area contributed by atoms with Crippen molar-refractivity contribution in [1.29, 1.82) is 0 Å². The maximum absolute atomic E-state index is 13.8. The van der Waals surface area contributed by atoms with E-state index in [2.05, 4.69) is 20.9 Å². The third kappa shape index (κ3) is 4.69. The molecular weight excluding hydrogens is 442 g/mol. The highest BCUT2D eigenvalue weighted by molar-refractivity contribution is 9.10. The van der Waals surface area contributed by atoms with E-state index in [0.717, 1.165) is 18.2 Å². The highest BCUT2D eigenvalue weighted by atomic mass is 79.9. The Hall–Kier alpha value is -2.87. The van der Waals surface area contributed by atoms with Crippen molar-refractivity contribution in [2.45, 2.75) is 6.18 Å². The molecule has 0 spiro atoms. The molecule has 0 heterocycles. The van der Waals surface area contributed by atoms with E-state index in [4.69, 9.17) is 4.74 Å². The molecule has 0 fully saturated rings. The van der Waals surface area contributed by atoms with Crippen molar-refractivity contribution >= 4 is 27.8 Å². The number of halogens is 5. The third-order valence-corrected chi connectivity index (χ3v) is 4.17. The fourth-order valence-corrected chi connectivity index (χ4v) is 2.67. The Morgan fingerprint density at radius 2 is 1.71 bits per heavy atom. The number of hydrogen-bond donors (Lipinski definition) is 1. The first kappa shape index (κ1) is 19.9. The van der Waals surface area contributed by atoms with Crippen LogP contribution < -0.4 is 4.74 Å². The molecule has 0 atom stereocenters. The molecule has 3 aromatic carbocycles. The van der Waals surface area contributed by atoms with Crippen molar-refractivity contribution in [2.24, 2.45) is 4.99 Å². The van der Waals surface area contributed by atoms with Gasteiger partial charge in [0.05, 0.1) is 5.56 Å². The lowest BCUT2D eigenvalue weighted by atomic mass is 10.1. The van der Waals surface area contributed by atoms with Crippen molar-refractivity contribution in [2.75, 3.05) is 0 Å². The number of aromatic hydroxyl groups is 1. The van der Waals surface area contributed by atoms with Gasteiger partial charge in [-0.15, -0.1) is 0 Å². The SMILES string of the molecule is Oc1ccc(Br)cc1C=Nc1cc(C(F)(F)F)ccc1Oc1ccccc1F. The van der Waals surface area contributed by atoms with E-state index in [-0.39, 0.29) is 28.5 Å². The zero-order chi connectivity index (χ0) is 20.3. The number of alkyl halides is 3. The first-order valence-electron chi connectivity index (χ1n) is 7.90. The minimum atomic E-state index is -4.58. The average molecular weight is 454 g/mol. The maximum Gasteiger partial charge on any atom is 0.416 e. The summed E-state index contributed by atoms with van der Waals surface area (Å²) < 4.78 is 59.1. The van der Waals surface area contributed by atoms with Gasteiger partial charge in [-0.1, -0.05) is 28.1 Å². The summed E-state index contributed by atoms with van der Waals surface area (Å²) in [5.41, 5.74) is -0.819. The highest BCUT2D eigenvalue weighted by Gasteiger charge is 2.31. The Morgan fingerprint density at radius 1 is 0.964 bits per heavy atom. The monoisotopic (exact) mass is 453 g/mol. The molecule has 0 saturated heterocycles. The number of nitrogens with zero attached hydrogens (tertiary/aromatic N) is 1. The summed E-state index contributed by atoms with van der Waals surface area (Å²) >= 11 is 3.24. The lowest BCUT2D eigenvalue weighted by molar-refractivity contribution is -0.137. The van der Waals surface area contributed by atoms with Crippen LogP contribution in [0.25, 0.3) is 0 Å². The van der Waals surface area contributed by atoms with E-state index >= 15 is 0 Å². The van der Waals surface area contributed by atoms with Crippen molar-refractivity contribution in [3.63, 3.8) is 0 Å². The number of rotatable bonds is 4. The van der Waals surface area contributed by atoms with Gasteiger partial charge in [-0.25, -0.2) is 4.39 Å². The van der Waals surface area contributed by atoms with Gasteiger partial charge in [0.2, 0.25) is 0 Å². The minimum Gasteiger partial charge on any atom is -0.507 e. The maximum atomic E-state index is 13.8. The number of hydrogen-bond acceptors (Lipinski definition) is 3. The first-order valence-corrected chi connectivity index (χ1v) is 8.69. The lowest BCUT2D eigenvalue weighted by Crippen LogP contribution is -2.04. The summed E-state index contributed by atoms with van der Waals surface area (Å²) in [6.07, 6.45) is -3.39. The molecule has 0 aliphatic heterocycles. The van der Waals surface area contributed by atoms with Crippen LogP contribution in [0.5, 0.6) is 17.2 Å². The minimum absolute atomic E-state index is 0.0659. The Bertz CT molecular complexity index is 1030. The molecule has 0 aliphatic rings. The second-order valence-electron chi connectivity index (χ2n) is 5.67. The summed E-state index contributed by atoms with van der Waals surface area (Å²) in [5.74, 6) is -0.981. The normalized spacial score (nSPS) is 11.8. The summed E-state index contributed by atoms with van der Waals surface area (Å²) in [7, 11) is 0. The number of benzene rings is 3. The van der Waals surface area contributed by atoms with E-state index in [1.807, 2.05) is 0 Å². The van der Waals surface area contributed by atoms with Crippen molar-refractivity contribution in [3.05, 3.63) is 82.1 Å². The zero-order valence-corrected chi connectivity index (χ0v) is 15.6. The molecule has 3 rings (SSSR count). The number of aliphatic imine (C=N–C) groups is 1. The fourth-order valence-electron chi connectivity index (χ4n) is 2.29. The molecule has 0 aromatic heterocycles. The topological polar surface area (TPSA) is 41.8 Å². The predicted molar refractivity (Wildman–Crippen MR) is 101 cm³/mol. The van der Waals surface area contributed by atoms with E-state index in [9.17, 15) is 22.7 Å². The van der Waals surface area contributed by atoms with Gasteiger partial charge in [0.15, 0.2) is 17.3 Å². The Labute approximate surface area is 166 Å². The second kappa shape index (κ2) is 8.02. The molecule has 1 N–H and O–H groups in total. The van der Waals surface area contributed by atoms with Gasteiger partial charge >= 0.3 is 6.18 Å². The van der Waals surface area contributed by atoms with E-state index in [0.29, 0.717) is 4.47 Å². The second-order valence-corrected chi connectivity index (χ2v) is 6.59. The standard InChI is InChI=1S/C20H12BrF4NO2/c21-14-6-7-17(27)12(9-14)11-26-16-10-13(20(23,24)25)5-8-19(16)28-18-4-2-1-3-15(18)22/h1-11,27H. The van der Waals surface area contributed by atoms with Gasteiger partial charge < -0.3 is 9.84 Å². The molecule has 3 nitrogen and oxygen atoms in total. The number of phenolic OH excluding ortho intramolecular Hbond substituents is 1. The molecule has 3 aromatic rings.